The predicted octanol–water partition coefficient (Wildman–Crippen LogP) is 13.5. The lowest BCUT2D eigenvalue weighted by molar-refractivity contribution is -0.0509. The van der Waals surface area contributed by atoms with Crippen LogP contribution in [0.25, 0.3) is 0 Å². The van der Waals surface area contributed by atoms with Crippen LogP contribution < -0.4 is 23.7 Å². The Hall–Kier alpha value is -5.46. The average Bonchev–Trinajstić information content (AvgIpc) is 3.31. The summed E-state index contributed by atoms with van der Waals surface area (Å²) in [5.41, 5.74) is 6.21. The van der Waals surface area contributed by atoms with Crippen LogP contribution in [0.15, 0.2) is 121 Å². The largest absolute Gasteiger partial charge is 0.496 e. The summed E-state index contributed by atoms with van der Waals surface area (Å²) >= 11 is 0. The summed E-state index contributed by atoms with van der Waals surface area (Å²) in [4.78, 5) is 0. The van der Waals surface area contributed by atoms with Gasteiger partial charge in [-0.15, -0.1) is 6.42 Å². The van der Waals surface area contributed by atoms with Gasteiger partial charge in [0.05, 0.1) is 40.1 Å². The third kappa shape index (κ3) is 21.2. The predicted molar refractivity (Wildman–Crippen MR) is 273 cm³/mol. The van der Waals surface area contributed by atoms with E-state index < -0.39 is 0 Å². The van der Waals surface area contributed by atoms with Gasteiger partial charge in [0.15, 0.2) is 0 Å². The number of aliphatic hydroxyl groups excluding tert-OH is 1. The first-order valence-corrected chi connectivity index (χ1v) is 23.4. The second kappa shape index (κ2) is 33.1. The molecule has 0 saturated carbocycles. The summed E-state index contributed by atoms with van der Waals surface area (Å²) in [5.74, 6) is 10.3. The molecule has 66 heavy (non-hydrogen) atoms. The van der Waals surface area contributed by atoms with E-state index >= 15 is 0 Å². The monoisotopic (exact) mass is 905 g/mol. The summed E-state index contributed by atoms with van der Waals surface area (Å²) < 4.78 is 37.5. The number of para-hydroxylation sites is 5. The summed E-state index contributed by atoms with van der Waals surface area (Å²) in [6, 6.07) is 40.5. The number of aliphatic hydroxyl groups is 1. The molecule has 8 heteroatoms. The van der Waals surface area contributed by atoms with Crippen molar-refractivity contribution in [2.45, 2.75) is 98.8 Å². The van der Waals surface area contributed by atoms with E-state index in [2.05, 4.69) is 118 Å². The summed E-state index contributed by atoms with van der Waals surface area (Å²) in [5, 5.41) is 8.63. The van der Waals surface area contributed by atoms with Crippen molar-refractivity contribution in [2.24, 2.45) is 5.92 Å². The van der Waals surface area contributed by atoms with E-state index in [9.17, 15) is 0 Å². The van der Waals surface area contributed by atoms with Gasteiger partial charge in [-0.25, -0.2) is 0 Å². The number of benzene rings is 5. The molecule has 0 aliphatic carbocycles. The Morgan fingerprint density at radius 3 is 1.12 bits per heavy atom. The molecule has 0 spiro atoms. The third-order valence-corrected chi connectivity index (χ3v) is 10.3. The highest BCUT2D eigenvalue weighted by Gasteiger charge is 2.19. The Morgan fingerprint density at radius 2 is 0.818 bits per heavy atom. The Balaban J connectivity index is 0.000000284. The van der Waals surface area contributed by atoms with Gasteiger partial charge in [-0.2, -0.15) is 0 Å². The van der Waals surface area contributed by atoms with Gasteiger partial charge >= 0.3 is 0 Å². The highest BCUT2D eigenvalue weighted by molar-refractivity contribution is 5.38. The van der Waals surface area contributed by atoms with Crippen molar-refractivity contribution in [3.63, 3.8) is 0 Å². The molecule has 5 aromatic carbocycles. The molecule has 0 unspecified atom stereocenters. The van der Waals surface area contributed by atoms with Gasteiger partial charge in [-0.3, -0.25) is 0 Å². The van der Waals surface area contributed by atoms with E-state index in [1.54, 1.807) is 14.2 Å². The van der Waals surface area contributed by atoms with Crippen molar-refractivity contribution in [2.75, 3.05) is 67.1 Å². The van der Waals surface area contributed by atoms with Crippen LogP contribution in [0.5, 0.6) is 28.7 Å². The minimum absolute atomic E-state index is 0.0619. The number of ether oxygens (including phenoxy) is 7. The average molecular weight is 905 g/mol. The quantitative estimate of drug-likeness (QED) is 0.0687. The van der Waals surface area contributed by atoms with Crippen LogP contribution in [-0.2, 0) is 9.47 Å². The van der Waals surface area contributed by atoms with Gasteiger partial charge in [-0.05, 0) is 87.7 Å². The zero-order valence-electron chi connectivity index (χ0n) is 42.1. The van der Waals surface area contributed by atoms with Crippen molar-refractivity contribution >= 4 is 0 Å². The molecule has 0 atom stereocenters. The Morgan fingerprint density at radius 1 is 0.485 bits per heavy atom. The molecule has 6 rings (SSSR count). The van der Waals surface area contributed by atoms with Crippen molar-refractivity contribution in [3.05, 3.63) is 149 Å². The molecule has 0 bridgehead atoms. The van der Waals surface area contributed by atoms with Crippen molar-refractivity contribution in [1.29, 1.82) is 0 Å². The first-order valence-electron chi connectivity index (χ1n) is 23.4. The zero-order chi connectivity index (χ0) is 48.7. The molecule has 8 nitrogen and oxygen atoms in total. The molecule has 1 fully saturated rings. The Kier molecular flexibility index (Phi) is 28.4. The van der Waals surface area contributed by atoms with Crippen LogP contribution in [0.3, 0.4) is 0 Å². The third-order valence-electron chi connectivity index (χ3n) is 10.3. The van der Waals surface area contributed by atoms with Gasteiger partial charge in [-0.1, -0.05) is 166 Å². The lowest BCUT2D eigenvalue weighted by Gasteiger charge is -2.26. The normalized spacial score (nSPS) is 11.7. The minimum Gasteiger partial charge on any atom is -0.496 e. The molecule has 1 N–H and O–H groups in total. The topological polar surface area (TPSA) is 84.8 Å². The minimum atomic E-state index is 0.0619. The molecule has 0 aromatic heterocycles. The second-order valence-electron chi connectivity index (χ2n) is 17.3. The molecule has 0 radical (unpaired) electrons. The molecule has 1 saturated heterocycles. The van der Waals surface area contributed by atoms with E-state index in [1.165, 1.54) is 27.8 Å². The van der Waals surface area contributed by atoms with Gasteiger partial charge in [0.25, 0.3) is 0 Å². The fraction of sp³-hybridized carbons (Fsp3) is 0.448. The number of hydrogen-bond donors (Lipinski definition) is 1. The van der Waals surface area contributed by atoms with E-state index in [4.69, 9.17) is 44.7 Å². The zero-order valence-corrected chi connectivity index (χ0v) is 42.1. The highest BCUT2D eigenvalue weighted by Crippen LogP contribution is 2.29. The molecular weight excluding hydrogens is 825 g/mol. The second-order valence-corrected chi connectivity index (χ2v) is 17.3. The molecular formula is C58H80O8. The number of hydrogen-bond acceptors (Lipinski definition) is 8. The molecule has 1 heterocycles. The number of rotatable bonds is 18. The maximum absolute atomic E-state index is 8.63. The number of methoxy groups -OCH3 is 2. The molecule has 360 valence electrons. The van der Waals surface area contributed by atoms with E-state index in [1.807, 2.05) is 78.9 Å². The molecule has 5 aromatic rings. The summed E-state index contributed by atoms with van der Waals surface area (Å²) in [7, 11) is 3.39. The van der Waals surface area contributed by atoms with Crippen LogP contribution in [0.4, 0.5) is 0 Å². The standard InChI is InChI=1S/C13H18O2.C12H18O2.C12H14O.C11H16O2.C10H14O/c1-10(2)12-5-3-4-6-13(12)15-9-11-7-14-8-11;1-10(2)11-6-4-5-7-12(11)14-9-8-13-3;1-4-9-13-12-8-6-5-7-11(12)10(2)3;1-9(2)10-5-3-4-6-11(10)13-8-7-12;1-8(2)9-6-4-5-7-10(9)11-3/h3-6,10-11H,7-9H2,1-2H3;4-7,10H,8-9H2,1-3H3;1,5-8,10H,9H2,2-3H3;3-6,9,12H,7-8H2,1-2H3;4-8H,1-3H3. The molecule has 0 amide bonds. The lowest BCUT2D eigenvalue weighted by Crippen LogP contribution is -2.32. The fourth-order valence-corrected chi connectivity index (χ4v) is 6.60. The number of terminal acetylenes is 1. The SMILES string of the molecule is C#CCOc1ccccc1C(C)C.CC(C)c1ccccc1OCC1COC1.CC(C)c1ccccc1OCCO.COCCOc1ccccc1C(C)C.COc1ccccc1C(C)C. The fourth-order valence-electron chi connectivity index (χ4n) is 6.60. The van der Waals surface area contributed by atoms with Gasteiger partial charge < -0.3 is 38.3 Å². The van der Waals surface area contributed by atoms with E-state index in [0.29, 0.717) is 61.9 Å². The van der Waals surface area contributed by atoms with Crippen molar-refractivity contribution < 1.29 is 38.3 Å². The van der Waals surface area contributed by atoms with Gasteiger partial charge in [0, 0.05) is 13.0 Å². The van der Waals surface area contributed by atoms with Crippen LogP contribution >= 0.6 is 0 Å². The first-order chi connectivity index (χ1) is 31.8. The van der Waals surface area contributed by atoms with E-state index in [0.717, 1.165) is 48.6 Å². The Labute approximate surface area is 398 Å². The van der Waals surface area contributed by atoms with E-state index in [-0.39, 0.29) is 6.61 Å². The van der Waals surface area contributed by atoms with Crippen LogP contribution in [0, 0.1) is 18.3 Å². The van der Waals surface area contributed by atoms with Crippen molar-refractivity contribution in [3.8, 4) is 41.1 Å². The molecule has 1 aliphatic rings. The first kappa shape index (κ1) is 56.7. The summed E-state index contributed by atoms with van der Waals surface area (Å²) in [6.07, 6.45) is 5.13. The maximum Gasteiger partial charge on any atom is 0.148 e. The lowest BCUT2D eigenvalue weighted by atomic mass is 10.0. The summed E-state index contributed by atoms with van der Waals surface area (Å²) in [6.45, 7) is 26.1. The molecule has 1 aliphatic heterocycles. The van der Waals surface area contributed by atoms with Crippen molar-refractivity contribution in [1.82, 2.24) is 0 Å². The maximum atomic E-state index is 8.63. The smallest absolute Gasteiger partial charge is 0.148 e. The van der Waals surface area contributed by atoms with Crippen LogP contribution in [-0.4, -0.2) is 72.2 Å². The van der Waals surface area contributed by atoms with Crippen LogP contribution in [0.2, 0.25) is 0 Å². The van der Waals surface area contributed by atoms with Crippen LogP contribution in [0.1, 0.15) is 127 Å². The highest BCUT2D eigenvalue weighted by atomic mass is 16.5. The van der Waals surface area contributed by atoms with Gasteiger partial charge in [0.2, 0.25) is 0 Å². The Bertz CT molecular complexity index is 2060. The van der Waals surface area contributed by atoms with Gasteiger partial charge in [0.1, 0.15) is 48.6 Å².